The van der Waals surface area contributed by atoms with Gasteiger partial charge in [0.05, 0.1) is 0 Å². The number of rotatable bonds is 7. The second-order valence-corrected chi connectivity index (χ2v) is 5.43. The fourth-order valence-electron chi connectivity index (χ4n) is 2.35. The number of unbranched alkanes of at least 4 members (excludes halogenated alkanes) is 1. The van der Waals surface area contributed by atoms with Crippen molar-refractivity contribution in [1.29, 1.82) is 0 Å². The SMILES string of the molecule is C=CCCCC(NCC)c1csc2ccccc12. The average molecular weight is 259 g/mol. The van der Waals surface area contributed by atoms with Crippen LogP contribution in [0, 0.1) is 0 Å². The maximum absolute atomic E-state index is 3.80. The van der Waals surface area contributed by atoms with Crippen LogP contribution in [0.5, 0.6) is 0 Å². The van der Waals surface area contributed by atoms with Crippen molar-refractivity contribution in [2.45, 2.75) is 32.2 Å². The average Bonchev–Trinajstić information content (AvgIpc) is 2.82. The standard InChI is InChI=1S/C16H21NS/c1-3-5-6-10-15(17-4-2)14-12-18-16-11-8-7-9-13(14)16/h3,7-9,11-12,15,17H,1,4-6,10H2,2H3. The lowest BCUT2D eigenvalue weighted by atomic mass is 10.0. The van der Waals surface area contributed by atoms with E-state index in [0.29, 0.717) is 6.04 Å². The molecule has 1 aromatic carbocycles. The summed E-state index contributed by atoms with van der Waals surface area (Å²) < 4.78 is 1.39. The van der Waals surface area contributed by atoms with E-state index in [4.69, 9.17) is 0 Å². The first-order valence-electron chi connectivity index (χ1n) is 6.67. The van der Waals surface area contributed by atoms with Gasteiger partial charge in [0, 0.05) is 10.7 Å². The molecule has 0 spiro atoms. The van der Waals surface area contributed by atoms with Gasteiger partial charge in [-0.05, 0) is 48.2 Å². The second-order valence-electron chi connectivity index (χ2n) is 4.52. The lowest BCUT2D eigenvalue weighted by Gasteiger charge is -2.17. The third-order valence-electron chi connectivity index (χ3n) is 3.24. The van der Waals surface area contributed by atoms with Crippen LogP contribution in [0.25, 0.3) is 10.1 Å². The smallest absolute Gasteiger partial charge is 0.0346 e. The first-order chi connectivity index (χ1) is 8.86. The Bertz CT molecular complexity index is 501. The Balaban J connectivity index is 2.21. The lowest BCUT2D eigenvalue weighted by Crippen LogP contribution is -2.20. The molecule has 18 heavy (non-hydrogen) atoms. The maximum Gasteiger partial charge on any atom is 0.0346 e. The topological polar surface area (TPSA) is 12.0 Å². The Kier molecular flexibility index (Phi) is 4.97. The molecule has 0 aliphatic rings. The first kappa shape index (κ1) is 13.3. The molecule has 2 heteroatoms. The molecule has 0 saturated heterocycles. The second kappa shape index (κ2) is 6.72. The quantitative estimate of drug-likeness (QED) is 0.550. The summed E-state index contributed by atoms with van der Waals surface area (Å²) in [6, 6.07) is 9.16. The lowest BCUT2D eigenvalue weighted by molar-refractivity contribution is 0.504. The van der Waals surface area contributed by atoms with E-state index in [1.165, 1.54) is 28.5 Å². The third-order valence-corrected chi connectivity index (χ3v) is 4.22. The molecule has 0 aliphatic heterocycles. The highest BCUT2D eigenvalue weighted by atomic mass is 32.1. The van der Waals surface area contributed by atoms with Crippen molar-refractivity contribution in [1.82, 2.24) is 5.32 Å². The molecule has 96 valence electrons. The van der Waals surface area contributed by atoms with Crippen molar-refractivity contribution in [2.24, 2.45) is 0 Å². The van der Waals surface area contributed by atoms with Crippen molar-refractivity contribution in [2.75, 3.05) is 6.54 Å². The van der Waals surface area contributed by atoms with Crippen molar-refractivity contribution >= 4 is 21.4 Å². The molecule has 1 nitrogen and oxygen atoms in total. The molecule has 0 bridgehead atoms. The molecule has 1 atom stereocenters. The van der Waals surface area contributed by atoms with Crippen LogP contribution in [-0.2, 0) is 0 Å². The zero-order chi connectivity index (χ0) is 12.8. The number of allylic oxidation sites excluding steroid dienone is 1. The number of fused-ring (bicyclic) bond motifs is 1. The van der Waals surface area contributed by atoms with E-state index in [0.717, 1.165) is 13.0 Å². The molecule has 1 heterocycles. The van der Waals surface area contributed by atoms with Gasteiger partial charge in [0.1, 0.15) is 0 Å². The van der Waals surface area contributed by atoms with Crippen LogP contribution in [-0.4, -0.2) is 6.54 Å². The van der Waals surface area contributed by atoms with E-state index in [9.17, 15) is 0 Å². The fraction of sp³-hybridized carbons (Fsp3) is 0.375. The zero-order valence-corrected chi connectivity index (χ0v) is 11.8. The van der Waals surface area contributed by atoms with Crippen LogP contribution in [0.1, 0.15) is 37.8 Å². The minimum Gasteiger partial charge on any atom is -0.310 e. The van der Waals surface area contributed by atoms with E-state index in [2.05, 4.69) is 48.5 Å². The van der Waals surface area contributed by atoms with Gasteiger partial charge in [-0.15, -0.1) is 17.9 Å². The molecule has 0 amide bonds. The van der Waals surface area contributed by atoms with Crippen molar-refractivity contribution in [3.05, 3.63) is 47.9 Å². The summed E-state index contributed by atoms with van der Waals surface area (Å²) in [5, 5.41) is 7.33. The van der Waals surface area contributed by atoms with Crippen LogP contribution < -0.4 is 5.32 Å². The number of benzene rings is 1. The zero-order valence-electron chi connectivity index (χ0n) is 11.0. The summed E-state index contributed by atoms with van der Waals surface area (Å²) >= 11 is 1.85. The summed E-state index contributed by atoms with van der Waals surface area (Å²) in [4.78, 5) is 0. The highest BCUT2D eigenvalue weighted by molar-refractivity contribution is 7.17. The highest BCUT2D eigenvalue weighted by Gasteiger charge is 2.14. The van der Waals surface area contributed by atoms with E-state index >= 15 is 0 Å². The summed E-state index contributed by atoms with van der Waals surface area (Å²) in [6.45, 7) is 6.99. The number of hydrogen-bond donors (Lipinski definition) is 1. The van der Waals surface area contributed by atoms with Gasteiger partial charge < -0.3 is 5.32 Å². The molecule has 1 aromatic heterocycles. The molecule has 2 rings (SSSR count). The Hall–Kier alpha value is -1.12. The van der Waals surface area contributed by atoms with Gasteiger partial charge in [-0.25, -0.2) is 0 Å². The molecular formula is C16H21NS. The predicted molar refractivity (Wildman–Crippen MR) is 82.3 cm³/mol. The van der Waals surface area contributed by atoms with Crippen LogP contribution in [0.3, 0.4) is 0 Å². The molecule has 0 radical (unpaired) electrons. The van der Waals surface area contributed by atoms with Crippen molar-refractivity contribution < 1.29 is 0 Å². The third kappa shape index (κ3) is 3.01. The van der Waals surface area contributed by atoms with E-state index in [1.807, 2.05) is 17.4 Å². The number of thiophene rings is 1. The Morgan fingerprint density at radius 2 is 2.22 bits per heavy atom. The van der Waals surface area contributed by atoms with Gasteiger partial charge in [0.2, 0.25) is 0 Å². The van der Waals surface area contributed by atoms with Crippen LogP contribution in [0.2, 0.25) is 0 Å². The summed E-state index contributed by atoms with van der Waals surface area (Å²) in [5.41, 5.74) is 1.46. The predicted octanol–water partition coefficient (Wildman–Crippen LogP) is 4.91. The van der Waals surface area contributed by atoms with Gasteiger partial charge in [0.15, 0.2) is 0 Å². The molecule has 1 unspecified atom stereocenters. The van der Waals surface area contributed by atoms with E-state index in [1.54, 1.807) is 0 Å². The van der Waals surface area contributed by atoms with Gasteiger partial charge in [-0.3, -0.25) is 0 Å². The van der Waals surface area contributed by atoms with Crippen molar-refractivity contribution in [3.63, 3.8) is 0 Å². The minimum atomic E-state index is 0.478. The highest BCUT2D eigenvalue weighted by Crippen LogP contribution is 2.32. The van der Waals surface area contributed by atoms with E-state index in [-0.39, 0.29) is 0 Å². The maximum atomic E-state index is 3.80. The normalized spacial score (nSPS) is 12.7. The molecular weight excluding hydrogens is 238 g/mol. The first-order valence-corrected chi connectivity index (χ1v) is 7.55. The number of hydrogen-bond acceptors (Lipinski definition) is 2. The molecule has 0 aliphatic carbocycles. The summed E-state index contributed by atoms with van der Waals surface area (Å²) in [7, 11) is 0. The largest absolute Gasteiger partial charge is 0.310 e. The monoisotopic (exact) mass is 259 g/mol. The van der Waals surface area contributed by atoms with Gasteiger partial charge in [-0.1, -0.05) is 31.2 Å². The Labute approximate surface area is 114 Å². The Morgan fingerprint density at radius 1 is 1.39 bits per heavy atom. The fourth-order valence-corrected chi connectivity index (χ4v) is 3.36. The molecule has 1 N–H and O–H groups in total. The molecule has 0 fully saturated rings. The summed E-state index contributed by atoms with van der Waals surface area (Å²) in [5.74, 6) is 0. The van der Waals surface area contributed by atoms with Crippen LogP contribution in [0.4, 0.5) is 0 Å². The van der Waals surface area contributed by atoms with Crippen LogP contribution >= 0.6 is 11.3 Å². The minimum absolute atomic E-state index is 0.478. The van der Waals surface area contributed by atoms with Gasteiger partial charge >= 0.3 is 0 Å². The Morgan fingerprint density at radius 3 is 3.00 bits per heavy atom. The number of nitrogens with one attached hydrogen (secondary N) is 1. The summed E-state index contributed by atoms with van der Waals surface area (Å²) in [6.07, 6.45) is 5.49. The van der Waals surface area contributed by atoms with Crippen LogP contribution in [0.15, 0.2) is 42.3 Å². The molecule has 2 aromatic rings. The van der Waals surface area contributed by atoms with Gasteiger partial charge in [0.25, 0.3) is 0 Å². The van der Waals surface area contributed by atoms with E-state index < -0.39 is 0 Å². The van der Waals surface area contributed by atoms with Gasteiger partial charge in [-0.2, -0.15) is 0 Å². The van der Waals surface area contributed by atoms with Crippen molar-refractivity contribution in [3.8, 4) is 0 Å². The molecule has 0 saturated carbocycles.